The highest BCUT2D eigenvalue weighted by Crippen LogP contribution is 2.31. The van der Waals surface area contributed by atoms with Crippen LogP contribution in [-0.4, -0.2) is 30.5 Å². The van der Waals surface area contributed by atoms with E-state index in [1.165, 1.54) is 0 Å². The van der Waals surface area contributed by atoms with E-state index in [-0.39, 0.29) is 18.1 Å². The molecule has 1 rings (SSSR count). The van der Waals surface area contributed by atoms with E-state index in [0.717, 1.165) is 7.11 Å². The summed E-state index contributed by atoms with van der Waals surface area (Å²) < 4.78 is 29.9. The number of hydrogen-bond donors (Lipinski definition) is 0. The quantitative estimate of drug-likeness (QED) is 0.327. The van der Waals surface area contributed by atoms with Gasteiger partial charge in [-0.2, -0.15) is 0 Å². The van der Waals surface area contributed by atoms with E-state index in [1.54, 1.807) is 0 Å². The molecule has 64 valence electrons. The molecule has 11 heavy (non-hydrogen) atoms. The lowest BCUT2D eigenvalue weighted by molar-refractivity contribution is -0.187. The van der Waals surface area contributed by atoms with Crippen LogP contribution < -0.4 is 0 Å². The summed E-state index contributed by atoms with van der Waals surface area (Å²) in [5.74, 6) is -3.69. The van der Waals surface area contributed by atoms with Gasteiger partial charge in [0.1, 0.15) is 0 Å². The maximum absolute atomic E-state index is 13.2. The van der Waals surface area contributed by atoms with E-state index < -0.39 is 11.8 Å². The fourth-order valence-corrected chi connectivity index (χ4v) is 1.11. The lowest BCUT2D eigenvalue weighted by Gasteiger charge is -2.19. The van der Waals surface area contributed by atoms with Crippen LogP contribution in [0.25, 0.3) is 0 Å². The molecule has 1 atom stereocenters. The molecule has 1 aliphatic rings. The summed E-state index contributed by atoms with van der Waals surface area (Å²) in [6.45, 7) is -0.0500. The molecule has 0 radical (unpaired) electrons. The van der Waals surface area contributed by atoms with Crippen molar-refractivity contribution in [2.45, 2.75) is 18.6 Å². The molecule has 1 heterocycles. The first-order chi connectivity index (χ1) is 5.11. The summed E-state index contributed by atoms with van der Waals surface area (Å²) in [6.07, 6.45) is 0.207. The van der Waals surface area contributed by atoms with Crippen molar-refractivity contribution in [1.82, 2.24) is 5.12 Å². The van der Waals surface area contributed by atoms with Gasteiger partial charge in [-0.1, -0.05) is 5.12 Å². The van der Waals surface area contributed by atoms with Gasteiger partial charge in [0.25, 0.3) is 5.79 Å². The minimum absolute atomic E-state index is 0.0500. The van der Waals surface area contributed by atoms with Gasteiger partial charge in [-0.05, 0) is 6.42 Å². The average Bonchev–Trinajstić information content (AvgIpc) is 2.32. The predicted octanol–water partition coefficient (Wildman–Crippen LogP) is 0.805. The molecule has 1 aliphatic heterocycles. The Morgan fingerprint density at radius 3 is 2.73 bits per heavy atom. The lowest BCUT2D eigenvalue weighted by atomic mass is 10.2. The highest BCUT2D eigenvalue weighted by Gasteiger charge is 2.50. The second-order valence-corrected chi connectivity index (χ2v) is 2.44. The number of carbonyl (C=O) groups is 1. The third-order valence-corrected chi connectivity index (χ3v) is 1.75. The Morgan fingerprint density at radius 1 is 1.73 bits per heavy atom. The van der Waals surface area contributed by atoms with Crippen LogP contribution in [0, 0.1) is 0 Å². The third kappa shape index (κ3) is 1.20. The normalized spacial score (nSPS) is 32.3. The molecule has 0 N–H and O–H groups in total. The SMILES string of the molecule is COC(=O)[C@]1(F)CCCN1F. The molecule has 0 spiro atoms. The topological polar surface area (TPSA) is 29.5 Å². The van der Waals surface area contributed by atoms with Crippen LogP contribution in [-0.2, 0) is 9.53 Å². The fourth-order valence-electron chi connectivity index (χ4n) is 1.11. The Bertz CT molecular complexity index is 176. The average molecular weight is 165 g/mol. The number of nitrogens with zero attached hydrogens (tertiary/aromatic N) is 1. The minimum atomic E-state index is -2.53. The second kappa shape index (κ2) is 2.73. The third-order valence-electron chi connectivity index (χ3n) is 1.75. The molecule has 0 aromatic heterocycles. The highest BCUT2D eigenvalue weighted by atomic mass is 19.2. The van der Waals surface area contributed by atoms with Crippen molar-refractivity contribution in [3.05, 3.63) is 0 Å². The number of alkyl halides is 1. The van der Waals surface area contributed by atoms with Gasteiger partial charge in [-0.25, -0.2) is 9.18 Å². The molecule has 0 aliphatic carbocycles. The second-order valence-electron chi connectivity index (χ2n) is 2.44. The van der Waals surface area contributed by atoms with Gasteiger partial charge >= 0.3 is 5.97 Å². The van der Waals surface area contributed by atoms with Crippen molar-refractivity contribution in [2.24, 2.45) is 0 Å². The zero-order valence-corrected chi connectivity index (χ0v) is 6.14. The Balaban J connectivity index is 2.72. The van der Waals surface area contributed by atoms with Gasteiger partial charge < -0.3 is 4.74 Å². The molecule has 0 bridgehead atoms. The summed E-state index contributed by atoms with van der Waals surface area (Å²) in [4.78, 5) is 10.7. The molecule has 0 unspecified atom stereocenters. The molecule has 0 aromatic rings. The molecule has 1 fully saturated rings. The number of carbonyl (C=O) groups excluding carboxylic acids is 1. The smallest absolute Gasteiger partial charge is 0.361 e. The van der Waals surface area contributed by atoms with Gasteiger partial charge in [0.15, 0.2) is 0 Å². The first-order valence-corrected chi connectivity index (χ1v) is 3.32. The van der Waals surface area contributed by atoms with E-state index in [9.17, 15) is 13.7 Å². The van der Waals surface area contributed by atoms with E-state index >= 15 is 0 Å². The Hall–Kier alpha value is -0.710. The van der Waals surface area contributed by atoms with E-state index in [4.69, 9.17) is 0 Å². The Labute approximate surface area is 62.9 Å². The van der Waals surface area contributed by atoms with Crippen molar-refractivity contribution in [2.75, 3.05) is 13.7 Å². The molecule has 5 heteroatoms. The largest absolute Gasteiger partial charge is 0.466 e. The molecular weight excluding hydrogens is 156 g/mol. The van der Waals surface area contributed by atoms with Crippen LogP contribution in [0.4, 0.5) is 8.87 Å². The molecule has 1 saturated heterocycles. The number of ether oxygens (including phenoxy) is 1. The van der Waals surface area contributed by atoms with Crippen molar-refractivity contribution in [3.63, 3.8) is 0 Å². The summed E-state index contributed by atoms with van der Waals surface area (Å²) in [6, 6.07) is 0. The van der Waals surface area contributed by atoms with E-state index in [1.807, 2.05) is 0 Å². The van der Waals surface area contributed by atoms with Gasteiger partial charge in [0.05, 0.1) is 7.11 Å². The van der Waals surface area contributed by atoms with Crippen LogP contribution >= 0.6 is 0 Å². The van der Waals surface area contributed by atoms with E-state index in [2.05, 4.69) is 4.74 Å². The highest BCUT2D eigenvalue weighted by molar-refractivity contribution is 5.78. The fraction of sp³-hybridized carbons (Fsp3) is 0.833. The lowest BCUT2D eigenvalue weighted by Crippen LogP contribution is -2.42. The van der Waals surface area contributed by atoms with Crippen LogP contribution in [0.1, 0.15) is 12.8 Å². The van der Waals surface area contributed by atoms with Gasteiger partial charge in [-0.3, -0.25) is 0 Å². The van der Waals surface area contributed by atoms with Crippen molar-refractivity contribution in [1.29, 1.82) is 0 Å². The summed E-state index contributed by atoms with van der Waals surface area (Å²) >= 11 is 0. The Kier molecular flexibility index (Phi) is 2.08. The van der Waals surface area contributed by atoms with Crippen LogP contribution in [0.15, 0.2) is 0 Å². The number of methoxy groups -OCH3 is 1. The van der Waals surface area contributed by atoms with Crippen molar-refractivity contribution < 1.29 is 18.4 Å². The monoisotopic (exact) mass is 165 g/mol. The number of hydrogen-bond acceptors (Lipinski definition) is 3. The first-order valence-electron chi connectivity index (χ1n) is 3.32. The van der Waals surface area contributed by atoms with Gasteiger partial charge in [0.2, 0.25) is 0 Å². The zero-order valence-electron chi connectivity index (χ0n) is 6.14. The van der Waals surface area contributed by atoms with Crippen LogP contribution in [0.3, 0.4) is 0 Å². The van der Waals surface area contributed by atoms with Crippen LogP contribution in [0.2, 0.25) is 0 Å². The molecule has 0 aromatic carbocycles. The summed E-state index contributed by atoms with van der Waals surface area (Å²) in [5, 5.41) is -0.112. The molecule has 0 amide bonds. The number of halogens is 2. The Morgan fingerprint density at radius 2 is 2.36 bits per heavy atom. The van der Waals surface area contributed by atoms with Crippen molar-refractivity contribution >= 4 is 5.97 Å². The molecule has 0 saturated carbocycles. The summed E-state index contributed by atoms with van der Waals surface area (Å²) in [7, 11) is 1.04. The van der Waals surface area contributed by atoms with Gasteiger partial charge in [0, 0.05) is 13.0 Å². The van der Waals surface area contributed by atoms with Gasteiger partial charge in [-0.15, -0.1) is 4.48 Å². The summed E-state index contributed by atoms with van der Waals surface area (Å²) in [5.41, 5.74) is 0. The molecule has 3 nitrogen and oxygen atoms in total. The number of esters is 1. The zero-order chi connectivity index (χ0) is 8.48. The maximum Gasteiger partial charge on any atom is 0.361 e. The predicted molar refractivity (Wildman–Crippen MR) is 32.9 cm³/mol. The molecular formula is C6H9F2NO2. The number of rotatable bonds is 1. The first kappa shape index (κ1) is 8.39. The van der Waals surface area contributed by atoms with E-state index in [0.29, 0.717) is 6.42 Å². The standard InChI is InChI=1S/C6H9F2NO2/c1-11-5(10)6(7)3-2-4-9(6)8/h2-4H2,1H3/t6-/m0/s1. The minimum Gasteiger partial charge on any atom is -0.466 e. The van der Waals surface area contributed by atoms with Crippen LogP contribution in [0.5, 0.6) is 0 Å². The maximum atomic E-state index is 13.2. The van der Waals surface area contributed by atoms with Crippen molar-refractivity contribution in [3.8, 4) is 0 Å².